The molecule has 49 heavy (non-hydrogen) atoms. The average Bonchev–Trinajstić information content (AvgIpc) is 3.08. The maximum Gasteiger partial charge on any atom is 0.264 e. The topological polar surface area (TPSA) is 133 Å². The van der Waals surface area contributed by atoms with Gasteiger partial charge in [0.1, 0.15) is 24.1 Å². The third kappa shape index (κ3) is 7.80. The van der Waals surface area contributed by atoms with Gasteiger partial charge >= 0.3 is 0 Å². The van der Waals surface area contributed by atoms with Gasteiger partial charge in [-0.15, -0.1) is 0 Å². The van der Waals surface area contributed by atoms with Crippen molar-refractivity contribution in [2.75, 3.05) is 18.0 Å². The molecule has 3 heterocycles. The highest BCUT2D eigenvalue weighted by Crippen LogP contribution is 2.46. The van der Waals surface area contributed by atoms with Gasteiger partial charge in [0.25, 0.3) is 5.91 Å². The molecule has 6 rings (SSSR count). The van der Waals surface area contributed by atoms with Gasteiger partial charge in [-0.2, -0.15) is 5.26 Å². The molecule has 1 aromatic heterocycles. The molecule has 2 N–H and O–H groups in total. The molecule has 3 aromatic rings. The van der Waals surface area contributed by atoms with Crippen LogP contribution >= 0.6 is 11.6 Å². The SMILES string of the molecule is C[C@@H]1[C@@H](C)C/C=C/[C@](O)(Cc2ccnc(C#N)c2)[C@@H]2CC[C@H]2CN2CCCCc3cc(Cl)ccc3COc3ccc(cc32)C(=O)NS1(=O)=O. The Balaban J connectivity index is 1.41. The summed E-state index contributed by atoms with van der Waals surface area (Å²) >= 11 is 6.35. The second kappa shape index (κ2) is 14.5. The van der Waals surface area contributed by atoms with Gasteiger partial charge in [-0.3, -0.25) is 4.79 Å². The van der Waals surface area contributed by atoms with Crippen molar-refractivity contribution in [2.45, 2.75) is 76.3 Å². The molecule has 0 radical (unpaired) electrons. The number of hydrogen-bond donors (Lipinski definition) is 2. The Morgan fingerprint density at radius 2 is 1.96 bits per heavy atom. The van der Waals surface area contributed by atoms with E-state index in [1.54, 1.807) is 37.4 Å². The van der Waals surface area contributed by atoms with Gasteiger partial charge in [0.2, 0.25) is 10.0 Å². The molecule has 1 fully saturated rings. The van der Waals surface area contributed by atoms with E-state index in [2.05, 4.69) is 20.7 Å². The zero-order chi connectivity index (χ0) is 34.8. The molecule has 258 valence electrons. The highest BCUT2D eigenvalue weighted by Gasteiger charge is 2.46. The lowest BCUT2D eigenvalue weighted by atomic mass is 9.62. The van der Waals surface area contributed by atoms with E-state index in [9.17, 15) is 23.6 Å². The Labute approximate surface area is 294 Å². The molecule has 2 aromatic carbocycles. The fourth-order valence-corrected chi connectivity index (χ4v) is 8.84. The van der Waals surface area contributed by atoms with E-state index in [-0.39, 0.29) is 23.3 Å². The highest BCUT2D eigenvalue weighted by molar-refractivity contribution is 7.90. The number of pyridine rings is 1. The number of amides is 1. The van der Waals surface area contributed by atoms with Crippen molar-refractivity contribution >= 4 is 33.2 Å². The smallest absolute Gasteiger partial charge is 0.264 e. The molecule has 0 saturated heterocycles. The van der Waals surface area contributed by atoms with Gasteiger partial charge in [0, 0.05) is 36.3 Å². The molecule has 11 heteroatoms. The molecular weight excluding hydrogens is 660 g/mol. The first-order chi connectivity index (χ1) is 23.5. The molecule has 0 spiro atoms. The molecular formula is C38H43ClN4O5S. The lowest BCUT2D eigenvalue weighted by Crippen LogP contribution is -2.51. The Kier molecular flexibility index (Phi) is 10.4. The van der Waals surface area contributed by atoms with Gasteiger partial charge in [-0.25, -0.2) is 18.1 Å². The zero-order valence-electron chi connectivity index (χ0n) is 27.9. The minimum Gasteiger partial charge on any atom is -0.487 e. The Hall–Kier alpha value is -3.91. The van der Waals surface area contributed by atoms with Crippen LogP contribution in [0, 0.1) is 29.1 Å². The van der Waals surface area contributed by atoms with E-state index < -0.39 is 26.8 Å². The summed E-state index contributed by atoms with van der Waals surface area (Å²) < 4.78 is 35.6. The maximum atomic E-state index is 13.5. The average molecular weight is 703 g/mol. The minimum absolute atomic E-state index is 0.0905. The molecule has 9 nitrogen and oxygen atoms in total. The van der Waals surface area contributed by atoms with Crippen molar-refractivity contribution in [3.63, 3.8) is 0 Å². The number of allylic oxidation sites excluding steroid dienone is 1. The van der Waals surface area contributed by atoms with Crippen molar-refractivity contribution < 1.29 is 23.1 Å². The molecule has 0 unspecified atom stereocenters. The lowest BCUT2D eigenvalue weighted by Gasteiger charge is -2.48. The van der Waals surface area contributed by atoms with Crippen LogP contribution in [0.5, 0.6) is 5.75 Å². The molecule has 1 saturated carbocycles. The van der Waals surface area contributed by atoms with E-state index in [0.717, 1.165) is 48.8 Å². The summed E-state index contributed by atoms with van der Waals surface area (Å²) in [5.41, 5.74) is 3.00. The van der Waals surface area contributed by atoms with Gasteiger partial charge in [-0.05, 0) is 122 Å². The second-order valence-electron chi connectivity index (χ2n) is 13.9. The van der Waals surface area contributed by atoms with Crippen LogP contribution in [-0.2, 0) is 29.5 Å². The van der Waals surface area contributed by atoms with E-state index in [1.807, 2.05) is 43.3 Å². The number of ether oxygens (including phenoxy) is 1. The lowest BCUT2D eigenvalue weighted by molar-refractivity contribution is -0.0445. The number of halogens is 1. The summed E-state index contributed by atoms with van der Waals surface area (Å²) in [6.07, 6.45) is 10.3. The predicted molar refractivity (Wildman–Crippen MR) is 190 cm³/mol. The van der Waals surface area contributed by atoms with Gasteiger partial charge in [-0.1, -0.05) is 36.7 Å². The number of carbonyl (C=O) groups excluding carboxylic acids is 1. The molecule has 5 atom stereocenters. The van der Waals surface area contributed by atoms with Crippen molar-refractivity contribution in [3.05, 3.63) is 99.9 Å². The number of anilines is 1. The molecule has 1 amide bonds. The number of hydrogen-bond acceptors (Lipinski definition) is 8. The fraction of sp³-hybridized carbons (Fsp3) is 0.447. The van der Waals surface area contributed by atoms with E-state index >= 15 is 0 Å². The summed E-state index contributed by atoms with van der Waals surface area (Å²) in [6.45, 7) is 5.04. The quantitative estimate of drug-likeness (QED) is 0.295. The Morgan fingerprint density at radius 3 is 2.73 bits per heavy atom. The highest BCUT2D eigenvalue weighted by atomic mass is 35.5. The number of rotatable bonds is 2. The second-order valence-corrected chi connectivity index (χ2v) is 16.3. The molecule has 3 aliphatic rings. The summed E-state index contributed by atoms with van der Waals surface area (Å²) in [7, 11) is -4.02. The zero-order valence-corrected chi connectivity index (χ0v) is 29.5. The standard InChI is InChI=1S/C38H43ClN4O5S/c1-25-6-5-15-38(45,21-27-14-16-41-33(18-27)22-40)34-12-9-30(34)23-43-17-4-3-7-28-19-32(39)11-8-31(28)24-48-36-13-10-29(20-35(36)43)37(44)42-49(46,47)26(25)2/h5,8,10-11,13-16,18-20,25-26,30,34,45H,3-4,6-7,9,12,17,21,23-24H2,1-2H3,(H,42,44)/b15-5+/t25-,26+,30-,34+,38-/m0/s1. The van der Waals surface area contributed by atoms with Crippen molar-refractivity contribution in [1.29, 1.82) is 5.26 Å². The van der Waals surface area contributed by atoms with Crippen molar-refractivity contribution in [2.24, 2.45) is 17.8 Å². The van der Waals surface area contributed by atoms with Crippen LogP contribution in [0.4, 0.5) is 5.69 Å². The van der Waals surface area contributed by atoms with Gasteiger partial charge in [0.15, 0.2) is 0 Å². The minimum atomic E-state index is -4.02. The first-order valence-corrected chi connectivity index (χ1v) is 19.0. The van der Waals surface area contributed by atoms with Gasteiger partial charge < -0.3 is 14.7 Å². The van der Waals surface area contributed by atoms with E-state index in [1.165, 1.54) is 0 Å². The van der Waals surface area contributed by atoms with Crippen LogP contribution in [0.3, 0.4) is 0 Å². The van der Waals surface area contributed by atoms with Gasteiger partial charge in [0.05, 0.1) is 16.5 Å². The number of nitrogens with one attached hydrogen (secondary N) is 1. The van der Waals surface area contributed by atoms with Crippen LogP contribution in [0.25, 0.3) is 0 Å². The fourth-order valence-electron chi connectivity index (χ4n) is 7.36. The van der Waals surface area contributed by atoms with Crippen molar-refractivity contribution in [3.8, 4) is 11.8 Å². The molecule has 1 aliphatic carbocycles. The number of nitrogens with zero attached hydrogens (tertiary/aromatic N) is 3. The van der Waals surface area contributed by atoms with E-state index in [4.69, 9.17) is 16.3 Å². The van der Waals surface area contributed by atoms with Crippen LogP contribution in [0.2, 0.25) is 5.02 Å². The summed E-state index contributed by atoms with van der Waals surface area (Å²) in [5.74, 6) is -0.382. The monoisotopic (exact) mass is 702 g/mol. The predicted octanol–water partition coefficient (Wildman–Crippen LogP) is 6.37. The number of aliphatic hydroxyl groups is 1. The normalized spacial score (nSPS) is 27.8. The van der Waals surface area contributed by atoms with Crippen LogP contribution in [0.15, 0.2) is 66.9 Å². The first-order valence-electron chi connectivity index (χ1n) is 17.1. The molecule has 2 bridgehead atoms. The Bertz CT molecular complexity index is 1890. The summed E-state index contributed by atoms with van der Waals surface area (Å²) in [6, 6.07) is 16.6. The number of aryl methyl sites for hydroxylation is 1. The summed E-state index contributed by atoms with van der Waals surface area (Å²) in [5, 5.41) is 21.7. The molecule has 2 aliphatic heterocycles. The van der Waals surface area contributed by atoms with Crippen LogP contribution in [-0.4, -0.2) is 48.4 Å². The number of aromatic nitrogens is 1. The number of fused-ring (bicyclic) bond motifs is 3. The Morgan fingerprint density at radius 1 is 1.12 bits per heavy atom. The van der Waals surface area contributed by atoms with E-state index in [0.29, 0.717) is 54.7 Å². The first kappa shape index (κ1) is 34.9. The number of carbonyl (C=O) groups is 1. The van der Waals surface area contributed by atoms with Crippen LogP contribution in [0.1, 0.15) is 78.7 Å². The third-order valence-corrected chi connectivity index (χ3v) is 12.8. The summed E-state index contributed by atoms with van der Waals surface area (Å²) in [4.78, 5) is 19.8. The van der Waals surface area contributed by atoms with Crippen molar-refractivity contribution in [1.82, 2.24) is 9.71 Å². The largest absolute Gasteiger partial charge is 0.487 e. The third-order valence-electron chi connectivity index (χ3n) is 10.6. The number of benzene rings is 2. The number of sulfonamides is 1. The maximum absolute atomic E-state index is 13.5. The van der Waals surface area contributed by atoms with Crippen LogP contribution < -0.4 is 14.4 Å². The number of nitriles is 1.